The van der Waals surface area contributed by atoms with Crippen LogP contribution in [0.4, 0.5) is 0 Å². The lowest BCUT2D eigenvalue weighted by Gasteiger charge is -1.93. The number of hydrogen-bond acceptors (Lipinski definition) is 1. The summed E-state index contributed by atoms with van der Waals surface area (Å²) in [6.07, 6.45) is 2.27. The Kier molecular flexibility index (Phi) is 2.54. The van der Waals surface area contributed by atoms with Crippen molar-refractivity contribution in [1.29, 1.82) is 1.43 Å². The Morgan fingerprint density at radius 1 is 1.50 bits per heavy atom. The van der Waals surface area contributed by atoms with E-state index in [1.165, 1.54) is 5.56 Å². The van der Waals surface area contributed by atoms with Gasteiger partial charge in [-0.3, -0.25) is 0 Å². The van der Waals surface area contributed by atoms with Gasteiger partial charge >= 0.3 is 0 Å². The van der Waals surface area contributed by atoms with Crippen molar-refractivity contribution in [3.8, 4) is 0 Å². The van der Waals surface area contributed by atoms with E-state index in [1.807, 2.05) is 31.2 Å². The van der Waals surface area contributed by atoms with Crippen molar-refractivity contribution in [2.24, 2.45) is 0 Å². The van der Waals surface area contributed by atoms with E-state index in [9.17, 15) is 0 Å². The summed E-state index contributed by atoms with van der Waals surface area (Å²) in [5.41, 5.74) is 2.23. The van der Waals surface area contributed by atoms with Crippen molar-refractivity contribution < 1.29 is 6.48 Å². The van der Waals surface area contributed by atoms with Crippen LogP contribution in [0.1, 0.15) is 18.9 Å². The molecule has 1 nitrogen and oxygen atoms in total. The van der Waals surface area contributed by atoms with Gasteiger partial charge < -0.3 is 5.11 Å². The van der Waals surface area contributed by atoms with Gasteiger partial charge in [-0.1, -0.05) is 42.0 Å². The second-order valence-corrected chi connectivity index (χ2v) is 2.71. The van der Waals surface area contributed by atoms with Crippen LogP contribution in [-0.2, 0) is 0 Å². The van der Waals surface area contributed by atoms with E-state index in [4.69, 9.17) is 2.80 Å². The lowest BCUT2D eigenvalue weighted by molar-refractivity contribution is 0.303. The fourth-order valence-corrected chi connectivity index (χ4v) is 0.912. The van der Waals surface area contributed by atoms with Crippen molar-refractivity contribution in [2.75, 3.05) is 6.61 Å². The standard InChI is InChI=1S/C11H14O/c1-10-5-7-11(8-6-10)4-2-3-9-12/h2,4-8,12H,3,9H2,1H3/b4-2-/i2D,12D. The second-order valence-electron chi connectivity index (χ2n) is 2.71. The maximum atomic E-state index is 7.56. The molecule has 0 saturated heterocycles. The van der Waals surface area contributed by atoms with Crippen molar-refractivity contribution in [1.82, 2.24) is 0 Å². The average Bonchev–Trinajstić information content (AvgIpc) is 2.18. The lowest BCUT2D eigenvalue weighted by atomic mass is 10.1. The highest BCUT2D eigenvalue weighted by atomic mass is 16.2. The molecular weight excluding hydrogens is 148 g/mol. The zero-order valence-electron chi connectivity index (χ0n) is 9.21. The second kappa shape index (κ2) is 4.73. The first-order valence-electron chi connectivity index (χ1n) is 4.95. The SMILES string of the molecule is [2H]OCC/C([2H])=C\c1ccc(C)cc1. The van der Waals surface area contributed by atoms with Crippen LogP contribution >= 0.6 is 0 Å². The Morgan fingerprint density at radius 2 is 2.25 bits per heavy atom. The zero-order chi connectivity index (χ0) is 10.4. The average molecular weight is 164 g/mol. The maximum absolute atomic E-state index is 7.56. The highest BCUT2D eigenvalue weighted by Gasteiger charge is 1.84. The van der Waals surface area contributed by atoms with E-state index in [2.05, 4.69) is 5.11 Å². The Morgan fingerprint density at radius 3 is 2.92 bits per heavy atom. The molecule has 12 heavy (non-hydrogen) atoms. The number of hydrogen-bond donors (Lipinski definition) is 1. The fourth-order valence-electron chi connectivity index (χ4n) is 0.912. The largest absolute Gasteiger partial charge is 0.396 e. The van der Waals surface area contributed by atoms with Crippen LogP contribution in [0.15, 0.2) is 30.3 Å². The van der Waals surface area contributed by atoms with Gasteiger partial charge in [-0.15, -0.1) is 0 Å². The molecule has 1 N–H and O–H groups in total. The number of rotatable bonds is 4. The molecule has 1 heteroatoms. The van der Waals surface area contributed by atoms with Crippen LogP contribution in [0, 0.1) is 6.92 Å². The summed E-state index contributed by atoms with van der Waals surface area (Å²) < 4.78 is 14.1. The minimum atomic E-state index is 0.279. The molecule has 1 aromatic rings. The highest BCUT2D eigenvalue weighted by Crippen LogP contribution is 2.04. The first-order chi connectivity index (χ1) is 6.72. The van der Waals surface area contributed by atoms with Gasteiger partial charge in [-0.05, 0) is 18.9 Å². The van der Waals surface area contributed by atoms with Gasteiger partial charge in [0.15, 0.2) is 0 Å². The molecule has 0 atom stereocenters. The smallest absolute Gasteiger partial charge is 0.210 e. The van der Waals surface area contributed by atoms with E-state index in [-0.39, 0.29) is 6.61 Å². The molecule has 0 unspecified atom stereocenters. The molecule has 0 spiro atoms. The molecule has 0 heterocycles. The Hall–Kier alpha value is -1.08. The van der Waals surface area contributed by atoms with Gasteiger partial charge in [0.25, 0.3) is 0 Å². The molecular formula is C11H14O. The van der Waals surface area contributed by atoms with Crippen molar-refractivity contribution >= 4 is 6.08 Å². The summed E-state index contributed by atoms with van der Waals surface area (Å²) in [5.74, 6) is 0. The van der Waals surface area contributed by atoms with Gasteiger partial charge in [-0.2, -0.15) is 0 Å². The molecule has 64 valence electrons. The van der Waals surface area contributed by atoms with E-state index < -0.39 is 0 Å². The summed E-state index contributed by atoms with van der Waals surface area (Å²) in [6, 6.07) is 8.47. The third kappa shape index (κ3) is 2.89. The molecule has 0 aromatic heterocycles. The van der Waals surface area contributed by atoms with Crippen molar-refractivity contribution in [3.63, 3.8) is 0 Å². The molecule has 0 bridgehead atoms. The number of aryl methyl sites for hydroxylation is 1. The van der Waals surface area contributed by atoms with Gasteiger partial charge in [0.2, 0.25) is 1.43 Å². The van der Waals surface area contributed by atoms with E-state index in [1.54, 1.807) is 6.08 Å². The zero-order valence-corrected chi connectivity index (χ0v) is 7.21. The lowest BCUT2D eigenvalue weighted by Crippen LogP contribution is -1.76. The molecule has 0 radical (unpaired) electrons. The van der Waals surface area contributed by atoms with Crippen LogP contribution in [-0.4, -0.2) is 13.1 Å². The van der Waals surface area contributed by atoms with Crippen LogP contribution in [0.3, 0.4) is 0 Å². The van der Waals surface area contributed by atoms with Gasteiger partial charge in [0, 0.05) is 6.61 Å². The number of benzene rings is 1. The third-order valence-electron chi connectivity index (χ3n) is 1.59. The molecule has 0 aliphatic carbocycles. The van der Waals surface area contributed by atoms with Crippen LogP contribution < -0.4 is 0 Å². The molecule has 0 fully saturated rings. The monoisotopic (exact) mass is 164 g/mol. The summed E-state index contributed by atoms with van der Waals surface area (Å²) in [4.78, 5) is 0. The van der Waals surface area contributed by atoms with Crippen LogP contribution in [0.5, 0.6) is 0 Å². The minimum absolute atomic E-state index is 0.279. The molecule has 0 aliphatic rings. The third-order valence-corrected chi connectivity index (χ3v) is 1.59. The molecule has 1 aromatic carbocycles. The topological polar surface area (TPSA) is 20.2 Å². The van der Waals surface area contributed by atoms with Crippen LogP contribution in [0.25, 0.3) is 6.08 Å². The quantitative estimate of drug-likeness (QED) is 0.724. The van der Waals surface area contributed by atoms with Crippen molar-refractivity contribution in [3.05, 3.63) is 41.4 Å². The summed E-state index contributed by atoms with van der Waals surface area (Å²) in [7, 11) is 0. The summed E-state index contributed by atoms with van der Waals surface area (Å²) >= 11 is 0. The Bertz CT molecular complexity index is 304. The molecule has 0 amide bonds. The summed E-state index contributed by atoms with van der Waals surface area (Å²) in [5, 5.41) is 4.16. The maximum Gasteiger partial charge on any atom is 0.210 e. The normalized spacial score (nSPS) is 13.9. The number of aliphatic hydroxyl groups is 1. The minimum Gasteiger partial charge on any atom is -0.396 e. The van der Waals surface area contributed by atoms with Crippen LogP contribution in [0.2, 0.25) is 0 Å². The number of aliphatic hydroxyl groups excluding tert-OH is 1. The molecule has 1 rings (SSSR count). The van der Waals surface area contributed by atoms with Gasteiger partial charge in [0.1, 0.15) is 0 Å². The fraction of sp³-hybridized carbons (Fsp3) is 0.273. The molecule has 0 aliphatic heterocycles. The first-order valence-corrected chi connectivity index (χ1v) is 4.04. The summed E-state index contributed by atoms with van der Waals surface area (Å²) in [6.45, 7) is 2.31. The van der Waals surface area contributed by atoms with Gasteiger partial charge in [0.05, 0.1) is 1.37 Å². The van der Waals surface area contributed by atoms with Crippen molar-refractivity contribution in [2.45, 2.75) is 13.3 Å². The Labute approximate surface area is 76.3 Å². The van der Waals surface area contributed by atoms with Gasteiger partial charge in [-0.25, -0.2) is 0 Å². The predicted octanol–water partition coefficient (Wildman–Crippen LogP) is 2.39. The first kappa shape index (κ1) is 6.44. The molecule has 0 saturated carbocycles. The predicted molar refractivity (Wildman–Crippen MR) is 51.9 cm³/mol. The van der Waals surface area contributed by atoms with E-state index in [0.717, 1.165) is 5.56 Å². The Balaban J connectivity index is 2.61. The van der Waals surface area contributed by atoms with E-state index >= 15 is 0 Å². The van der Waals surface area contributed by atoms with E-state index in [0.29, 0.717) is 12.5 Å². The highest BCUT2D eigenvalue weighted by molar-refractivity contribution is 5.49.